The van der Waals surface area contributed by atoms with Gasteiger partial charge in [0.15, 0.2) is 6.10 Å². The summed E-state index contributed by atoms with van der Waals surface area (Å²) < 4.78 is 37.7. The van der Waals surface area contributed by atoms with E-state index in [1.165, 1.54) is 24.3 Å². The van der Waals surface area contributed by atoms with Crippen LogP contribution in [0.3, 0.4) is 0 Å². The van der Waals surface area contributed by atoms with Gasteiger partial charge in [-0.25, -0.2) is 4.79 Å². The normalized spacial score (nSPS) is 13.2. The third-order valence-corrected chi connectivity index (χ3v) is 3.94. The van der Waals surface area contributed by atoms with E-state index in [9.17, 15) is 33.0 Å². The Kier molecular flexibility index (Phi) is 6.38. The van der Waals surface area contributed by atoms with Crippen molar-refractivity contribution in [1.82, 2.24) is 5.32 Å². The number of nitrogens with one attached hydrogen (secondary N) is 1. The van der Waals surface area contributed by atoms with Gasteiger partial charge < -0.3 is 15.5 Å². The highest BCUT2D eigenvalue weighted by Crippen LogP contribution is 2.30. The van der Waals surface area contributed by atoms with Crippen LogP contribution in [-0.2, 0) is 22.2 Å². The highest BCUT2D eigenvalue weighted by Gasteiger charge is 2.31. The van der Waals surface area contributed by atoms with Gasteiger partial charge in [-0.1, -0.05) is 24.3 Å². The van der Waals surface area contributed by atoms with E-state index >= 15 is 0 Å². The lowest BCUT2D eigenvalue weighted by molar-refractivity contribution is -0.143. The van der Waals surface area contributed by atoms with Crippen LogP contribution >= 0.6 is 0 Å². The fourth-order valence-electron chi connectivity index (χ4n) is 2.41. The van der Waals surface area contributed by atoms with Crippen molar-refractivity contribution < 1.29 is 33.0 Å². The maximum atomic E-state index is 12.6. The van der Waals surface area contributed by atoms with Gasteiger partial charge in [0.1, 0.15) is 6.04 Å². The highest BCUT2D eigenvalue weighted by molar-refractivity contribution is 5.87. The Morgan fingerprint density at radius 1 is 1.07 bits per heavy atom. The Hall–Kier alpha value is -3.38. The topological polar surface area (TPSA) is 110 Å². The Morgan fingerprint density at radius 2 is 1.64 bits per heavy atom. The smallest absolute Gasteiger partial charge is 0.416 e. The summed E-state index contributed by atoms with van der Waals surface area (Å²) in [5, 5.41) is 30.2. The second kappa shape index (κ2) is 8.54. The number of aliphatic hydroxyl groups excluding tert-OH is 1. The van der Waals surface area contributed by atoms with E-state index in [-0.39, 0.29) is 12.0 Å². The zero-order valence-corrected chi connectivity index (χ0v) is 14.3. The van der Waals surface area contributed by atoms with E-state index in [0.29, 0.717) is 11.1 Å². The van der Waals surface area contributed by atoms with Crippen LogP contribution in [0.15, 0.2) is 48.5 Å². The fraction of sp³-hybridized carbons (Fsp3) is 0.211. The molecule has 28 heavy (non-hydrogen) atoms. The standard InChI is InChI=1S/C19H15F3N2O4/c20-19(21,22)14-7-5-13(6-8-14)16(25)17(26)24-15(18(27)28)9-11-1-3-12(10-23)4-2-11/h1-8,15-16,25H,9H2,(H,24,26)(H,27,28)/t15-,16+/m1/s1. The molecule has 0 aromatic heterocycles. The summed E-state index contributed by atoms with van der Waals surface area (Å²) >= 11 is 0. The number of amides is 1. The number of carboxylic acids is 1. The first-order valence-electron chi connectivity index (χ1n) is 7.99. The van der Waals surface area contributed by atoms with Crippen LogP contribution in [0.4, 0.5) is 13.2 Å². The molecule has 0 saturated heterocycles. The average molecular weight is 392 g/mol. The van der Waals surface area contributed by atoms with Crippen molar-refractivity contribution in [2.45, 2.75) is 24.7 Å². The molecule has 0 spiro atoms. The predicted molar refractivity (Wildman–Crippen MR) is 90.8 cm³/mol. The number of halogens is 3. The van der Waals surface area contributed by atoms with Crippen LogP contribution in [-0.4, -0.2) is 28.1 Å². The van der Waals surface area contributed by atoms with Crippen molar-refractivity contribution in [2.75, 3.05) is 0 Å². The van der Waals surface area contributed by atoms with E-state index in [0.717, 1.165) is 24.3 Å². The van der Waals surface area contributed by atoms with Gasteiger partial charge >= 0.3 is 12.1 Å². The van der Waals surface area contributed by atoms with Crippen molar-refractivity contribution >= 4 is 11.9 Å². The molecule has 146 valence electrons. The number of alkyl halides is 3. The number of nitriles is 1. The number of carboxylic acid groups (broad SMARTS) is 1. The fourth-order valence-corrected chi connectivity index (χ4v) is 2.41. The minimum absolute atomic E-state index is 0.104. The largest absolute Gasteiger partial charge is 0.480 e. The third-order valence-electron chi connectivity index (χ3n) is 3.94. The molecule has 0 saturated carbocycles. The first kappa shape index (κ1) is 20.9. The summed E-state index contributed by atoms with van der Waals surface area (Å²) in [4.78, 5) is 23.5. The van der Waals surface area contributed by atoms with Crippen LogP contribution in [0, 0.1) is 11.3 Å². The van der Waals surface area contributed by atoms with Gasteiger partial charge in [0.2, 0.25) is 0 Å². The summed E-state index contributed by atoms with van der Waals surface area (Å²) in [6.45, 7) is 0. The molecule has 0 aliphatic carbocycles. The number of benzene rings is 2. The Bertz CT molecular complexity index is 887. The first-order valence-corrected chi connectivity index (χ1v) is 7.99. The minimum Gasteiger partial charge on any atom is -0.480 e. The van der Waals surface area contributed by atoms with E-state index in [1.54, 1.807) is 0 Å². The lowest BCUT2D eigenvalue weighted by Crippen LogP contribution is -2.44. The van der Waals surface area contributed by atoms with Crippen LogP contribution < -0.4 is 5.32 Å². The molecule has 0 unspecified atom stereocenters. The second-order valence-corrected chi connectivity index (χ2v) is 5.93. The molecule has 0 aliphatic heterocycles. The number of carbonyl (C=O) groups excluding carboxylic acids is 1. The molecule has 0 aliphatic rings. The molecule has 9 heteroatoms. The number of aliphatic hydroxyl groups is 1. The van der Waals surface area contributed by atoms with Crippen LogP contribution in [0.25, 0.3) is 0 Å². The van der Waals surface area contributed by atoms with Crippen LogP contribution in [0.2, 0.25) is 0 Å². The molecule has 0 heterocycles. The number of hydrogen-bond donors (Lipinski definition) is 3. The second-order valence-electron chi connectivity index (χ2n) is 5.93. The van der Waals surface area contributed by atoms with Gasteiger partial charge in [-0.15, -0.1) is 0 Å². The van der Waals surface area contributed by atoms with Crippen molar-refractivity contribution in [1.29, 1.82) is 5.26 Å². The number of nitrogens with zero attached hydrogens (tertiary/aromatic N) is 1. The van der Waals surface area contributed by atoms with Crippen molar-refractivity contribution in [3.63, 3.8) is 0 Å². The van der Waals surface area contributed by atoms with Gasteiger partial charge in [0, 0.05) is 6.42 Å². The highest BCUT2D eigenvalue weighted by atomic mass is 19.4. The summed E-state index contributed by atoms with van der Waals surface area (Å²) in [5.74, 6) is -2.40. The Morgan fingerprint density at radius 3 is 2.11 bits per heavy atom. The summed E-state index contributed by atoms with van der Waals surface area (Å²) in [5.41, 5.74) is -0.116. The average Bonchev–Trinajstić information content (AvgIpc) is 2.66. The zero-order chi connectivity index (χ0) is 20.9. The maximum absolute atomic E-state index is 12.6. The van der Waals surface area contributed by atoms with Gasteiger partial charge in [-0.3, -0.25) is 4.79 Å². The first-order chi connectivity index (χ1) is 13.1. The maximum Gasteiger partial charge on any atom is 0.416 e. The van der Waals surface area contributed by atoms with E-state index in [2.05, 4.69) is 5.32 Å². The molecule has 2 atom stereocenters. The minimum atomic E-state index is -4.55. The number of carbonyl (C=O) groups is 2. The number of aliphatic carboxylic acids is 1. The molecule has 0 bridgehead atoms. The quantitative estimate of drug-likeness (QED) is 0.699. The molecule has 2 aromatic rings. The number of rotatable bonds is 6. The van der Waals surface area contributed by atoms with Gasteiger partial charge in [0.05, 0.1) is 17.2 Å². The van der Waals surface area contributed by atoms with E-state index < -0.39 is 35.8 Å². The summed E-state index contributed by atoms with van der Waals surface area (Å²) in [6.07, 6.45) is -6.49. The monoisotopic (exact) mass is 392 g/mol. The zero-order valence-electron chi connectivity index (χ0n) is 14.3. The van der Waals surface area contributed by atoms with Gasteiger partial charge in [-0.05, 0) is 35.4 Å². The molecule has 2 aromatic carbocycles. The molecule has 0 radical (unpaired) electrons. The molecule has 1 amide bonds. The van der Waals surface area contributed by atoms with E-state index in [1.807, 2.05) is 6.07 Å². The van der Waals surface area contributed by atoms with Crippen LogP contribution in [0.1, 0.15) is 28.4 Å². The van der Waals surface area contributed by atoms with Gasteiger partial charge in [0.25, 0.3) is 5.91 Å². The summed E-state index contributed by atoms with van der Waals surface area (Å²) in [7, 11) is 0. The molecular formula is C19H15F3N2O4. The van der Waals surface area contributed by atoms with Crippen molar-refractivity contribution in [2.24, 2.45) is 0 Å². The number of hydrogen-bond acceptors (Lipinski definition) is 4. The van der Waals surface area contributed by atoms with E-state index in [4.69, 9.17) is 5.26 Å². The molecule has 3 N–H and O–H groups in total. The Balaban J connectivity index is 2.08. The lowest BCUT2D eigenvalue weighted by Gasteiger charge is -2.18. The van der Waals surface area contributed by atoms with Gasteiger partial charge in [-0.2, -0.15) is 18.4 Å². The summed E-state index contributed by atoms with van der Waals surface area (Å²) in [6, 6.07) is 9.94. The molecule has 6 nitrogen and oxygen atoms in total. The molecule has 2 rings (SSSR count). The van der Waals surface area contributed by atoms with Crippen molar-refractivity contribution in [3.05, 3.63) is 70.8 Å². The molecular weight excluding hydrogens is 377 g/mol. The SMILES string of the molecule is N#Cc1ccc(C[C@@H](NC(=O)[C@@H](O)c2ccc(C(F)(F)F)cc2)C(=O)O)cc1. The third kappa shape index (κ3) is 5.31. The predicted octanol–water partition coefficient (Wildman–Crippen LogP) is 2.42. The molecule has 0 fully saturated rings. The van der Waals surface area contributed by atoms with Crippen molar-refractivity contribution in [3.8, 4) is 6.07 Å². The lowest BCUT2D eigenvalue weighted by atomic mass is 10.0. The van der Waals surface area contributed by atoms with Crippen LogP contribution in [0.5, 0.6) is 0 Å². The Labute approximate surface area is 157 Å².